The molecule has 0 aromatic carbocycles. The molecule has 1 saturated carbocycles. The summed E-state index contributed by atoms with van der Waals surface area (Å²) < 4.78 is 0. The number of nitrogens with two attached hydrogens (primary N) is 1. The topological polar surface area (TPSA) is 55.1 Å². The van der Waals surface area contributed by atoms with Crippen molar-refractivity contribution in [2.24, 2.45) is 23.5 Å². The zero-order valence-corrected chi connectivity index (χ0v) is 13.3. The number of carbonyl (C=O) groups is 1. The van der Waals surface area contributed by atoms with Crippen molar-refractivity contribution >= 4 is 5.91 Å². The third-order valence-electron chi connectivity index (χ3n) is 4.37. The van der Waals surface area contributed by atoms with Gasteiger partial charge < -0.3 is 11.1 Å². The Morgan fingerprint density at radius 1 is 1.37 bits per heavy atom. The maximum absolute atomic E-state index is 12.1. The van der Waals surface area contributed by atoms with E-state index in [9.17, 15) is 4.79 Å². The van der Waals surface area contributed by atoms with E-state index in [1.807, 2.05) is 13.8 Å². The Kier molecular flexibility index (Phi) is 5.84. The third kappa shape index (κ3) is 5.94. The minimum Gasteiger partial charge on any atom is -0.353 e. The van der Waals surface area contributed by atoms with Crippen LogP contribution in [0, 0.1) is 17.8 Å². The predicted octanol–water partition coefficient (Wildman–Crippen LogP) is 3.08. The number of nitrogens with one attached hydrogen (secondary N) is 1. The SMILES string of the molecule is CC1CCC(C(C)C)C(NC(=O)CCC(C)(C)N)C1. The number of rotatable bonds is 5. The van der Waals surface area contributed by atoms with E-state index in [2.05, 4.69) is 26.1 Å². The Morgan fingerprint density at radius 2 is 2.00 bits per heavy atom. The summed E-state index contributed by atoms with van der Waals surface area (Å²) in [4.78, 5) is 12.1. The molecule has 1 rings (SSSR count). The molecule has 3 N–H and O–H groups in total. The quantitative estimate of drug-likeness (QED) is 0.805. The standard InChI is InChI=1S/C16H32N2O/c1-11(2)13-7-6-12(3)10-14(13)18-15(19)8-9-16(4,5)17/h11-14H,6-10,17H2,1-5H3,(H,18,19). The first-order valence-electron chi connectivity index (χ1n) is 7.77. The van der Waals surface area contributed by atoms with Gasteiger partial charge in [0.05, 0.1) is 0 Å². The molecule has 1 aliphatic rings. The summed E-state index contributed by atoms with van der Waals surface area (Å²) in [6.07, 6.45) is 4.95. The van der Waals surface area contributed by atoms with Crippen LogP contribution in [0.5, 0.6) is 0 Å². The van der Waals surface area contributed by atoms with Gasteiger partial charge in [-0.3, -0.25) is 4.79 Å². The summed E-state index contributed by atoms with van der Waals surface area (Å²) in [6, 6.07) is 0.358. The Labute approximate surface area is 118 Å². The molecular formula is C16H32N2O. The van der Waals surface area contributed by atoms with E-state index in [-0.39, 0.29) is 11.4 Å². The zero-order valence-electron chi connectivity index (χ0n) is 13.3. The Hall–Kier alpha value is -0.570. The van der Waals surface area contributed by atoms with Crippen molar-refractivity contribution in [3.8, 4) is 0 Å². The lowest BCUT2D eigenvalue weighted by Gasteiger charge is -2.38. The summed E-state index contributed by atoms with van der Waals surface area (Å²) in [5.41, 5.74) is 5.68. The average molecular weight is 268 g/mol. The van der Waals surface area contributed by atoms with E-state index in [4.69, 9.17) is 5.73 Å². The maximum atomic E-state index is 12.1. The van der Waals surface area contributed by atoms with Gasteiger partial charge in [-0.2, -0.15) is 0 Å². The van der Waals surface area contributed by atoms with Crippen LogP contribution in [0.15, 0.2) is 0 Å². The van der Waals surface area contributed by atoms with Gasteiger partial charge in [-0.1, -0.05) is 27.2 Å². The second-order valence-corrected chi connectivity index (χ2v) is 7.49. The molecule has 1 fully saturated rings. The van der Waals surface area contributed by atoms with Gasteiger partial charge in [0, 0.05) is 18.0 Å². The largest absolute Gasteiger partial charge is 0.353 e. The van der Waals surface area contributed by atoms with Crippen LogP contribution in [0.1, 0.15) is 66.7 Å². The van der Waals surface area contributed by atoms with Crippen molar-refractivity contribution < 1.29 is 4.79 Å². The number of hydrogen-bond acceptors (Lipinski definition) is 2. The molecule has 1 aliphatic carbocycles. The molecule has 1 amide bonds. The van der Waals surface area contributed by atoms with Crippen LogP contribution in [-0.4, -0.2) is 17.5 Å². The number of amides is 1. The molecule has 112 valence electrons. The van der Waals surface area contributed by atoms with E-state index in [1.165, 1.54) is 12.8 Å². The highest BCUT2D eigenvalue weighted by atomic mass is 16.1. The Morgan fingerprint density at radius 3 is 2.53 bits per heavy atom. The molecule has 0 bridgehead atoms. The maximum Gasteiger partial charge on any atom is 0.220 e. The van der Waals surface area contributed by atoms with E-state index < -0.39 is 0 Å². The fraction of sp³-hybridized carbons (Fsp3) is 0.938. The minimum atomic E-state index is -0.255. The monoisotopic (exact) mass is 268 g/mol. The second-order valence-electron chi connectivity index (χ2n) is 7.49. The molecule has 3 unspecified atom stereocenters. The van der Waals surface area contributed by atoms with E-state index in [1.54, 1.807) is 0 Å². The molecule has 0 spiro atoms. The minimum absolute atomic E-state index is 0.170. The lowest BCUT2D eigenvalue weighted by Crippen LogP contribution is -2.46. The highest BCUT2D eigenvalue weighted by Crippen LogP contribution is 2.33. The third-order valence-corrected chi connectivity index (χ3v) is 4.37. The van der Waals surface area contributed by atoms with Gasteiger partial charge in [0.25, 0.3) is 0 Å². The summed E-state index contributed by atoms with van der Waals surface area (Å²) in [7, 11) is 0. The lowest BCUT2D eigenvalue weighted by molar-refractivity contribution is -0.123. The van der Waals surface area contributed by atoms with Crippen LogP contribution in [-0.2, 0) is 4.79 Å². The Bertz CT molecular complexity index is 294. The normalized spacial score (nSPS) is 28.5. The van der Waals surface area contributed by atoms with E-state index >= 15 is 0 Å². The smallest absolute Gasteiger partial charge is 0.220 e. The molecule has 0 saturated heterocycles. The van der Waals surface area contributed by atoms with Gasteiger partial charge in [-0.15, -0.1) is 0 Å². The molecule has 0 heterocycles. The fourth-order valence-corrected chi connectivity index (χ4v) is 3.08. The predicted molar refractivity (Wildman–Crippen MR) is 80.8 cm³/mol. The van der Waals surface area contributed by atoms with E-state index in [0.29, 0.717) is 24.3 Å². The molecule has 3 nitrogen and oxygen atoms in total. The average Bonchev–Trinajstić information content (AvgIpc) is 2.25. The molecular weight excluding hydrogens is 236 g/mol. The zero-order chi connectivity index (χ0) is 14.6. The van der Waals surface area contributed by atoms with Crippen LogP contribution >= 0.6 is 0 Å². The van der Waals surface area contributed by atoms with Gasteiger partial charge in [-0.25, -0.2) is 0 Å². The van der Waals surface area contributed by atoms with Gasteiger partial charge in [0.15, 0.2) is 0 Å². The molecule has 3 atom stereocenters. The molecule has 0 aliphatic heterocycles. The van der Waals surface area contributed by atoms with Gasteiger partial charge in [0.1, 0.15) is 0 Å². The number of carbonyl (C=O) groups excluding carboxylic acids is 1. The molecule has 0 aromatic rings. The second kappa shape index (κ2) is 6.74. The van der Waals surface area contributed by atoms with Crippen LogP contribution in [0.4, 0.5) is 0 Å². The van der Waals surface area contributed by atoms with Crippen LogP contribution < -0.4 is 11.1 Å². The van der Waals surface area contributed by atoms with Crippen molar-refractivity contribution in [2.45, 2.75) is 78.3 Å². The van der Waals surface area contributed by atoms with Crippen molar-refractivity contribution in [2.75, 3.05) is 0 Å². The first-order chi connectivity index (χ1) is 8.69. The first-order valence-corrected chi connectivity index (χ1v) is 7.77. The summed E-state index contributed by atoms with van der Waals surface area (Å²) in [6.45, 7) is 10.8. The van der Waals surface area contributed by atoms with Crippen molar-refractivity contribution in [1.29, 1.82) is 0 Å². The lowest BCUT2D eigenvalue weighted by atomic mass is 9.74. The van der Waals surface area contributed by atoms with Crippen molar-refractivity contribution in [3.05, 3.63) is 0 Å². The molecule has 19 heavy (non-hydrogen) atoms. The Balaban J connectivity index is 2.49. The molecule has 0 aromatic heterocycles. The number of hydrogen-bond donors (Lipinski definition) is 2. The fourth-order valence-electron chi connectivity index (χ4n) is 3.08. The highest BCUT2D eigenvalue weighted by Gasteiger charge is 2.31. The van der Waals surface area contributed by atoms with Crippen molar-refractivity contribution in [1.82, 2.24) is 5.32 Å². The van der Waals surface area contributed by atoms with Gasteiger partial charge in [0.2, 0.25) is 5.91 Å². The van der Waals surface area contributed by atoms with Crippen LogP contribution in [0.2, 0.25) is 0 Å². The summed E-state index contributed by atoms with van der Waals surface area (Å²) >= 11 is 0. The van der Waals surface area contributed by atoms with Gasteiger partial charge >= 0.3 is 0 Å². The highest BCUT2D eigenvalue weighted by molar-refractivity contribution is 5.76. The van der Waals surface area contributed by atoms with Gasteiger partial charge in [-0.05, 0) is 50.9 Å². The van der Waals surface area contributed by atoms with Crippen LogP contribution in [0.3, 0.4) is 0 Å². The summed E-state index contributed by atoms with van der Waals surface area (Å²) in [5.74, 6) is 2.17. The van der Waals surface area contributed by atoms with E-state index in [0.717, 1.165) is 18.8 Å². The molecule has 3 heteroatoms. The first kappa shape index (κ1) is 16.5. The molecule has 0 radical (unpaired) electrons. The van der Waals surface area contributed by atoms with Crippen molar-refractivity contribution in [3.63, 3.8) is 0 Å². The summed E-state index contributed by atoms with van der Waals surface area (Å²) in [5, 5.41) is 3.26. The van der Waals surface area contributed by atoms with Crippen LogP contribution in [0.25, 0.3) is 0 Å².